The number of nitrogens with zero attached hydrogens (tertiary/aromatic N) is 2. The van der Waals surface area contributed by atoms with Crippen LogP contribution in [-0.2, 0) is 0 Å². The van der Waals surface area contributed by atoms with Crippen molar-refractivity contribution < 1.29 is 17.6 Å². The molecule has 0 saturated heterocycles. The minimum Gasteiger partial charge on any atom is -0.364 e. The van der Waals surface area contributed by atoms with Crippen LogP contribution < -0.4 is 4.90 Å². The predicted molar refractivity (Wildman–Crippen MR) is 64.0 cm³/mol. The summed E-state index contributed by atoms with van der Waals surface area (Å²) in [5.41, 5.74) is -0.626. The molecule has 2 rings (SSSR count). The maximum Gasteiger partial charge on any atom is 0.253 e. The lowest BCUT2D eigenvalue weighted by atomic mass is 9.94. The third-order valence-corrected chi connectivity index (χ3v) is 3.62. The molecule has 6 heteroatoms. The van der Waals surface area contributed by atoms with Gasteiger partial charge in [-0.1, -0.05) is 19.3 Å². The van der Waals surface area contributed by atoms with Crippen molar-refractivity contribution in [3.8, 4) is 0 Å². The highest BCUT2D eigenvalue weighted by atomic mass is 19.2. The summed E-state index contributed by atoms with van der Waals surface area (Å²) in [6, 6.07) is -0.0797. The first kappa shape index (κ1) is 14.1. The average Bonchev–Trinajstić information content (AvgIpc) is 2.42. The fraction of sp³-hybridized carbons (Fsp3) is 0.615. The largest absolute Gasteiger partial charge is 0.364 e. The molecule has 0 radical (unpaired) electrons. The summed E-state index contributed by atoms with van der Waals surface area (Å²) in [4.78, 5) is 4.00. The normalized spacial score (nSPS) is 16.7. The molecule has 19 heavy (non-hydrogen) atoms. The third kappa shape index (κ3) is 2.67. The number of aromatic nitrogens is 1. The fourth-order valence-electron chi connectivity index (χ4n) is 2.72. The second kappa shape index (κ2) is 5.75. The molecule has 1 aliphatic carbocycles. The van der Waals surface area contributed by atoms with E-state index < -0.39 is 29.2 Å². The van der Waals surface area contributed by atoms with Gasteiger partial charge in [-0.2, -0.15) is 22.5 Å². The second-order valence-corrected chi connectivity index (χ2v) is 4.75. The van der Waals surface area contributed by atoms with Gasteiger partial charge in [0.05, 0.1) is 0 Å². The van der Waals surface area contributed by atoms with Crippen LogP contribution in [0.1, 0.15) is 39.0 Å². The molecule has 106 valence electrons. The van der Waals surface area contributed by atoms with Crippen LogP contribution in [0.25, 0.3) is 0 Å². The van der Waals surface area contributed by atoms with E-state index in [-0.39, 0.29) is 6.04 Å². The van der Waals surface area contributed by atoms with E-state index in [9.17, 15) is 17.6 Å². The molecular weight excluding hydrogens is 260 g/mol. The molecule has 1 aromatic rings. The van der Waals surface area contributed by atoms with Crippen LogP contribution in [0.15, 0.2) is 0 Å². The zero-order valence-corrected chi connectivity index (χ0v) is 10.7. The van der Waals surface area contributed by atoms with Gasteiger partial charge in [0.15, 0.2) is 0 Å². The summed E-state index contributed by atoms with van der Waals surface area (Å²) in [5.74, 6) is -6.01. The summed E-state index contributed by atoms with van der Waals surface area (Å²) in [7, 11) is 0. The minimum atomic E-state index is -1.59. The van der Waals surface area contributed by atoms with Crippen molar-refractivity contribution in [2.75, 3.05) is 11.4 Å². The Morgan fingerprint density at radius 1 is 1.00 bits per heavy atom. The first-order chi connectivity index (χ1) is 9.06. The molecule has 0 spiro atoms. The van der Waals surface area contributed by atoms with Gasteiger partial charge < -0.3 is 4.90 Å². The van der Waals surface area contributed by atoms with Gasteiger partial charge in [-0.3, -0.25) is 0 Å². The second-order valence-electron chi connectivity index (χ2n) is 4.75. The summed E-state index contributed by atoms with van der Waals surface area (Å²) in [5, 5.41) is 0. The minimum absolute atomic E-state index is 0.0797. The van der Waals surface area contributed by atoms with Crippen LogP contribution in [0, 0.1) is 23.5 Å². The first-order valence-corrected chi connectivity index (χ1v) is 6.52. The van der Waals surface area contributed by atoms with E-state index in [1.165, 1.54) is 4.90 Å². The lowest BCUT2D eigenvalue weighted by Crippen LogP contribution is -2.38. The molecule has 2 nitrogen and oxygen atoms in total. The van der Waals surface area contributed by atoms with Crippen molar-refractivity contribution in [1.82, 2.24) is 4.98 Å². The molecule has 0 bridgehead atoms. The van der Waals surface area contributed by atoms with Crippen molar-refractivity contribution >= 4 is 5.69 Å². The quantitative estimate of drug-likeness (QED) is 0.616. The smallest absolute Gasteiger partial charge is 0.253 e. The number of rotatable bonds is 3. The zero-order valence-electron chi connectivity index (χ0n) is 10.7. The SMILES string of the molecule is CCN(c1c(F)c(F)nc(F)c1F)C1CCCCC1. The zero-order chi connectivity index (χ0) is 14.0. The Bertz CT molecular complexity index is 432. The fourth-order valence-corrected chi connectivity index (χ4v) is 2.72. The summed E-state index contributed by atoms with van der Waals surface area (Å²) >= 11 is 0. The van der Waals surface area contributed by atoms with Crippen LogP contribution in [0.2, 0.25) is 0 Å². The van der Waals surface area contributed by atoms with Gasteiger partial charge in [-0.25, -0.2) is 0 Å². The van der Waals surface area contributed by atoms with Crippen molar-refractivity contribution in [3.63, 3.8) is 0 Å². The third-order valence-electron chi connectivity index (χ3n) is 3.62. The van der Waals surface area contributed by atoms with E-state index >= 15 is 0 Å². The van der Waals surface area contributed by atoms with Gasteiger partial charge in [0.1, 0.15) is 5.69 Å². The summed E-state index contributed by atoms with van der Waals surface area (Å²) in [6.45, 7) is 2.01. The highest BCUT2D eigenvalue weighted by molar-refractivity contribution is 5.49. The van der Waals surface area contributed by atoms with Crippen LogP contribution in [0.4, 0.5) is 23.2 Å². The highest BCUT2D eigenvalue weighted by Crippen LogP contribution is 2.32. The number of hydrogen-bond donors (Lipinski definition) is 0. The monoisotopic (exact) mass is 276 g/mol. The Kier molecular flexibility index (Phi) is 4.27. The van der Waals surface area contributed by atoms with Gasteiger partial charge in [0.2, 0.25) is 11.6 Å². The van der Waals surface area contributed by atoms with E-state index in [4.69, 9.17) is 0 Å². The predicted octanol–water partition coefficient (Wildman–Crippen LogP) is 3.80. The summed E-state index contributed by atoms with van der Waals surface area (Å²) in [6.07, 6.45) is 4.55. The lowest BCUT2D eigenvalue weighted by molar-refractivity contribution is 0.382. The molecule has 0 atom stereocenters. The Morgan fingerprint density at radius 3 is 2.00 bits per heavy atom. The number of anilines is 1. The molecule has 1 aromatic heterocycles. The maximum atomic E-state index is 13.7. The van der Waals surface area contributed by atoms with Gasteiger partial charge in [-0.15, -0.1) is 0 Å². The molecule has 0 aliphatic heterocycles. The topological polar surface area (TPSA) is 16.1 Å². The molecule has 1 fully saturated rings. The number of halogens is 4. The van der Waals surface area contributed by atoms with Crippen molar-refractivity contribution in [2.24, 2.45) is 0 Å². The maximum absolute atomic E-state index is 13.7. The molecular formula is C13H16F4N2. The van der Waals surface area contributed by atoms with Crippen LogP contribution in [0.5, 0.6) is 0 Å². The molecule has 1 saturated carbocycles. The van der Waals surface area contributed by atoms with Crippen LogP contribution in [0.3, 0.4) is 0 Å². The van der Waals surface area contributed by atoms with E-state index in [1.807, 2.05) is 0 Å². The first-order valence-electron chi connectivity index (χ1n) is 6.52. The van der Waals surface area contributed by atoms with Gasteiger partial charge in [0, 0.05) is 12.6 Å². The van der Waals surface area contributed by atoms with E-state index in [2.05, 4.69) is 4.98 Å². The van der Waals surface area contributed by atoms with Crippen LogP contribution in [-0.4, -0.2) is 17.6 Å². The Morgan fingerprint density at radius 2 is 1.53 bits per heavy atom. The molecule has 0 amide bonds. The van der Waals surface area contributed by atoms with E-state index in [0.29, 0.717) is 6.54 Å². The standard InChI is InChI=1S/C13H16F4N2/c1-2-19(8-6-4-3-5-7-8)11-9(14)12(16)18-13(17)10(11)15/h8H,2-7H2,1H3. The van der Waals surface area contributed by atoms with Gasteiger partial charge in [0.25, 0.3) is 11.9 Å². The summed E-state index contributed by atoms with van der Waals surface area (Å²) < 4.78 is 53.8. The average molecular weight is 276 g/mol. The molecule has 1 aliphatic rings. The Hall–Kier alpha value is -1.33. The molecule has 1 heterocycles. The van der Waals surface area contributed by atoms with Crippen LogP contribution >= 0.6 is 0 Å². The highest BCUT2D eigenvalue weighted by Gasteiger charge is 2.29. The van der Waals surface area contributed by atoms with Gasteiger partial charge in [-0.05, 0) is 19.8 Å². The molecule has 0 unspecified atom stereocenters. The van der Waals surface area contributed by atoms with E-state index in [1.54, 1.807) is 6.92 Å². The Balaban J connectivity index is 2.42. The number of pyridine rings is 1. The molecule has 0 aromatic carbocycles. The van der Waals surface area contributed by atoms with Gasteiger partial charge >= 0.3 is 0 Å². The van der Waals surface area contributed by atoms with Crippen molar-refractivity contribution in [3.05, 3.63) is 23.5 Å². The van der Waals surface area contributed by atoms with Crippen molar-refractivity contribution in [2.45, 2.75) is 45.1 Å². The molecule has 0 N–H and O–H groups in total. The number of hydrogen-bond acceptors (Lipinski definition) is 2. The Labute approximate surface area is 109 Å². The van der Waals surface area contributed by atoms with E-state index in [0.717, 1.165) is 32.1 Å². The lowest BCUT2D eigenvalue weighted by Gasteiger charge is -2.35. The van der Waals surface area contributed by atoms with Crippen molar-refractivity contribution in [1.29, 1.82) is 0 Å².